The summed E-state index contributed by atoms with van der Waals surface area (Å²) < 4.78 is 26.3. The molecule has 26 heavy (non-hydrogen) atoms. The van der Waals surface area contributed by atoms with E-state index in [-0.39, 0.29) is 21.8 Å². The average Bonchev–Trinajstić information content (AvgIpc) is 2.54. The number of nitrogens with one attached hydrogen (secondary N) is 1. The van der Waals surface area contributed by atoms with Crippen LogP contribution < -0.4 is 5.32 Å². The Morgan fingerprint density at radius 2 is 1.62 bits per heavy atom. The summed E-state index contributed by atoms with van der Waals surface area (Å²) in [7, 11) is -0.753. The zero-order chi connectivity index (χ0) is 19.7. The van der Waals surface area contributed by atoms with E-state index in [2.05, 4.69) is 42.0 Å². The van der Waals surface area contributed by atoms with E-state index in [9.17, 15) is 13.2 Å². The van der Waals surface area contributed by atoms with Crippen LogP contribution in [0, 0.1) is 0 Å². The molecule has 2 rings (SSSR count). The number of hydrogen-bond donors (Lipinski definition) is 1. The van der Waals surface area contributed by atoms with Crippen LogP contribution in [-0.2, 0) is 15.4 Å². The predicted molar refractivity (Wildman–Crippen MR) is 108 cm³/mol. The average molecular weight is 439 g/mol. The topological polar surface area (TPSA) is 66.5 Å². The maximum atomic E-state index is 12.5. The Morgan fingerprint density at radius 1 is 1.04 bits per heavy atom. The summed E-state index contributed by atoms with van der Waals surface area (Å²) >= 11 is 3.24. The molecule has 7 heteroatoms. The van der Waals surface area contributed by atoms with E-state index in [1.165, 1.54) is 25.7 Å². The summed E-state index contributed by atoms with van der Waals surface area (Å²) in [5.41, 5.74) is 2.12. The van der Waals surface area contributed by atoms with Gasteiger partial charge < -0.3 is 5.32 Å². The van der Waals surface area contributed by atoms with Crippen molar-refractivity contribution < 1.29 is 13.2 Å². The van der Waals surface area contributed by atoms with Crippen LogP contribution in [0.4, 0.5) is 5.69 Å². The minimum atomic E-state index is -3.65. The molecule has 0 saturated carbocycles. The van der Waals surface area contributed by atoms with Gasteiger partial charge in [0.2, 0.25) is 10.0 Å². The van der Waals surface area contributed by atoms with Gasteiger partial charge >= 0.3 is 0 Å². The fraction of sp³-hybridized carbons (Fsp3) is 0.316. The molecular weight excluding hydrogens is 416 g/mol. The molecule has 1 N–H and O–H groups in total. The maximum Gasteiger partial charge on any atom is 0.255 e. The normalized spacial score (nSPS) is 12.3. The lowest BCUT2D eigenvalue weighted by molar-refractivity contribution is 0.102. The molecule has 0 aliphatic rings. The van der Waals surface area contributed by atoms with E-state index in [0.717, 1.165) is 4.31 Å². The van der Waals surface area contributed by atoms with Gasteiger partial charge in [0, 0.05) is 29.8 Å². The second-order valence-electron chi connectivity index (χ2n) is 7.21. The highest BCUT2D eigenvalue weighted by atomic mass is 79.9. The van der Waals surface area contributed by atoms with Crippen LogP contribution in [0.15, 0.2) is 51.8 Å². The molecule has 0 aliphatic heterocycles. The molecule has 0 radical (unpaired) electrons. The molecule has 0 bridgehead atoms. The molecule has 0 atom stereocenters. The third kappa shape index (κ3) is 4.52. The van der Waals surface area contributed by atoms with Gasteiger partial charge in [-0.05, 0) is 57.2 Å². The third-order valence-corrected chi connectivity index (χ3v) is 6.77. The van der Waals surface area contributed by atoms with Crippen LogP contribution in [-0.4, -0.2) is 32.7 Å². The zero-order valence-corrected chi connectivity index (χ0v) is 17.9. The Bertz CT molecular complexity index is 915. The highest BCUT2D eigenvalue weighted by Gasteiger charge is 2.22. The van der Waals surface area contributed by atoms with E-state index in [1.54, 1.807) is 12.1 Å². The number of amides is 1. The van der Waals surface area contributed by atoms with Crippen LogP contribution in [0.2, 0.25) is 0 Å². The summed E-state index contributed by atoms with van der Waals surface area (Å²) in [5, 5.41) is 2.80. The van der Waals surface area contributed by atoms with E-state index in [4.69, 9.17) is 0 Å². The molecule has 2 aromatic rings. The van der Waals surface area contributed by atoms with Crippen molar-refractivity contribution >= 4 is 37.5 Å². The summed E-state index contributed by atoms with van der Waals surface area (Å²) in [5.74, 6) is -0.365. The van der Waals surface area contributed by atoms with Crippen LogP contribution in [0.5, 0.6) is 0 Å². The first kappa shape index (κ1) is 20.6. The molecule has 5 nitrogen and oxygen atoms in total. The lowest BCUT2D eigenvalue weighted by atomic mass is 9.87. The lowest BCUT2D eigenvalue weighted by Crippen LogP contribution is -2.23. The Balaban J connectivity index is 2.28. The Hall–Kier alpha value is -1.70. The molecule has 2 aromatic carbocycles. The number of anilines is 1. The zero-order valence-electron chi connectivity index (χ0n) is 15.5. The number of carbonyl (C=O) groups excluding carboxylic acids is 1. The standard InChI is InChI=1S/C19H23BrN2O3S/c1-19(2,3)14-7-9-15(10-8-14)21-18(23)13-6-11-16(20)17(12-13)26(24,25)22(4)5/h6-12H,1-5H3,(H,21,23). The maximum absolute atomic E-state index is 12.5. The molecule has 0 aliphatic carbocycles. The van der Waals surface area contributed by atoms with E-state index in [1.807, 2.05) is 24.3 Å². The summed E-state index contributed by atoms with van der Waals surface area (Å²) in [6.45, 7) is 6.36. The van der Waals surface area contributed by atoms with Crippen molar-refractivity contribution in [2.24, 2.45) is 0 Å². The number of sulfonamides is 1. The number of benzene rings is 2. The minimum Gasteiger partial charge on any atom is -0.322 e. The number of carbonyl (C=O) groups is 1. The van der Waals surface area contributed by atoms with Gasteiger partial charge in [-0.1, -0.05) is 32.9 Å². The molecule has 0 heterocycles. The Labute approximate surface area is 163 Å². The smallest absolute Gasteiger partial charge is 0.255 e. The van der Waals surface area contributed by atoms with Crippen molar-refractivity contribution in [3.05, 3.63) is 58.1 Å². The second kappa shape index (κ2) is 7.50. The summed E-state index contributed by atoms with van der Waals surface area (Å²) in [4.78, 5) is 12.6. The van der Waals surface area contributed by atoms with Crippen molar-refractivity contribution in [2.45, 2.75) is 31.1 Å². The van der Waals surface area contributed by atoms with Crippen molar-refractivity contribution in [3.8, 4) is 0 Å². The first-order chi connectivity index (χ1) is 11.9. The van der Waals surface area contributed by atoms with E-state index < -0.39 is 10.0 Å². The van der Waals surface area contributed by atoms with Crippen LogP contribution in [0.25, 0.3) is 0 Å². The Kier molecular flexibility index (Phi) is 5.95. The lowest BCUT2D eigenvalue weighted by Gasteiger charge is -2.19. The van der Waals surface area contributed by atoms with Gasteiger partial charge in [0.1, 0.15) is 0 Å². The molecule has 0 unspecified atom stereocenters. The molecule has 0 spiro atoms. The van der Waals surface area contributed by atoms with Gasteiger partial charge in [-0.25, -0.2) is 12.7 Å². The fourth-order valence-corrected chi connectivity index (χ4v) is 4.14. The predicted octanol–water partition coefficient (Wildman–Crippen LogP) is 4.25. The van der Waals surface area contributed by atoms with Crippen molar-refractivity contribution in [2.75, 3.05) is 19.4 Å². The second-order valence-corrected chi connectivity index (χ2v) is 10.2. The summed E-state index contributed by atoms with van der Waals surface area (Å²) in [6, 6.07) is 12.1. The summed E-state index contributed by atoms with van der Waals surface area (Å²) in [6.07, 6.45) is 0. The fourth-order valence-electron chi connectivity index (χ4n) is 2.30. The number of rotatable bonds is 4. The highest BCUT2D eigenvalue weighted by molar-refractivity contribution is 9.10. The number of nitrogens with zero attached hydrogens (tertiary/aromatic N) is 1. The van der Waals surface area contributed by atoms with Gasteiger partial charge in [0.15, 0.2) is 0 Å². The van der Waals surface area contributed by atoms with Gasteiger partial charge in [0.05, 0.1) is 4.90 Å². The molecule has 140 valence electrons. The molecule has 0 fully saturated rings. The monoisotopic (exact) mass is 438 g/mol. The van der Waals surface area contributed by atoms with Crippen LogP contribution in [0.1, 0.15) is 36.7 Å². The van der Waals surface area contributed by atoms with Gasteiger partial charge in [-0.15, -0.1) is 0 Å². The molecule has 1 amide bonds. The molecule has 0 aromatic heterocycles. The molecule has 0 saturated heterocycles. The first-order valence-corrected chi connectivity index (χ1v) is 10.3. The van der Waals surface area contributed by atoms with Gasteiger partial charge in [-0.2, -0.15) is 0 Å². The molecular formula is C19H23BrN2O3S. The van der Waals surface area contributed by atoms with Crippen molar-refractivity contribution in [3.63, 3.8) is 0 Å². The van der Waals surface area contributed by atoms with Crippen molar-refractivity contribution in [1.29, 1.82) is 0 Å². The number of halogens is 1. The highest BCUT2D eigenvalue weighted by Crippen LogP contribution is 2.26. The Morgan fingerprint density at radius 3 is 2.12 bits per heavy atom. The van der Waals surface area contributed by atoms with Crippen LogP contribution in [0.3, 0.4) is 0 Å². The SMILES string of the molecule is CN(C)S(=O)(=O)c1cc(C(=O)Nc2ccc(C(C)(C)C)cc2)ccc1Br. The van der Waals surface area contributed by atoms with Crippen LogP contribution >= 0.6 is 15.9 Å². The van der Waals surface area contributed by atoms with Crippen molar-refractivity contribution in [1.82, 2.24) is 4.31 Å². The first-order valence-electron chi connectivity index (χ1n) is 8.07. The van der Waals surface area contributed by atoms with E-state index >= 15 is 0 Å². The van der Waals surface area contributed by atoms with Gasteiger partial charge in [-0.3, -0.25) is 4.79 Å². The van der Waals surface area contributed by atoms with Gasteiger partial charge in [0.25, 0.3) is 5.91 Å². The third-order valence-electron chi connectivity index (χ3n) is 3.96. The number of hydrogen-bond acceptors (Lipinski definition) is 3. The minimum absolute atomic E-state index is 0.0314. The quantitative estimate of drug-likeness (QED) is 0.775. The van der Waals surface area contributed by atoms with E-state index in [0.29, 0.717) is 10.2 Å². The largest absolute Gasteiger partial charge is 0.322 e.